The van der Waals surface area contributed by atoms with Crippen molar-refractivity contribution in [2.75, 3.05) is 5.32 Å². The Morgan fingerprint density at radius 3 is 2.69 bits per heavy atom. The fourth-order valence-electron chi connectivity index (χ4n) is 3.92. The molecule has 0 unspecified atom stereocenters. The highest BCUT2D eigenvalue weighted by Gasteiger charge is 2.14. The van der Waals surface area contributed by atoms with Crippen molar-refractivity contribution in [1.29, 1.82) is 0 Å². The van der Waals surface area contributed by atoms with Crippen molar-refractivity contribution in [3.63, 3.8) is 0 Å². The van der Waals surface area contributed by atoms with E-state index in [1.54, 1.807) is 24.3 Å². The fraction of sp³-hybridized carbons (Fsp3) is 0.100. The third kappa shape index (κ3) is 6.03. The topological polar surface area (TPSA) is 101 Å². The standard InChI is InChI=1S/C30H24ClN3O4S/c1-3-18-5-11-27-24(14-18)33-29(38-27)22-10-7-20(16-25(22)35)32-30(39)34-28(36)13-9-21-8-12-26(37-21)19-6-4-17(2)23(31)15-19/h4-16,35H,3H2,1-2H3,(H2,32,34,36,39)/b13-9+. The Balaban J connectivity index is 1.20. The Kier molecular flexibility index (Phi) is 7.49. The van der Waals surface area contributed by atoms with Crippen LogP contribution in [0.5, 0.6) is 5.75 Å². The van der Waals surface area contributed by atoms with E-state index in [4.69, 9.17) is 32.7 Å². The summed E-state index contributed by atoms with van der Waals surface area (Å²) < 4.78 is 11.6. The molecule has 0 bridgehead atoms. The lowest BCUT2D eigenvalue weighted by atomic mass is 10.1. The Morgan fingerprint density at radius 1 is 1.08 bits per heavy atom. The molecule has 0 aliphatic carbocycles. The van der Waals surface area contributed by atoms with E-state index in [-0.39, 0.29) is 10.9 Å². The van der Waals surface area contributed by atoms with Gasteiger partial charge >= 0.3 is 0 Å². The van der Waals surface area contributed by atoms with Gasteiger partial charge in [0.15, 0.2) is 10.7 Å². The maximum Gasteiger partial charge on any atom is 0.250 e. The number of oxazole rings is 1. The number of phenols is 1. The van der Waals surface area contributed by atoms with E-state index in [0.29, 0.717) is 39.3 Å². The number of rotatable bonds is 6. The molecule has 9 heteroatoms. The summed E-state index contributed by atoms with van der Waals surface area (Å²) in [7, 11) is 0. The maximum absolute atomic E-state index is 12.4. The molecule has 196 valence electrons. The van der Waals surface area contributed by atoms with Crippen LogP contribution in [-0.4, -0.2) is 21.1 Å². The number of halogens is 1. The van der Waals surface area contributed by atoms with Crippen LogP contribution >= 0.6 is 23.8 Å². The van der Waals surface area contributed by atoms with Crippen molar-refractivity contribution in [1.82, 2.24) is 10.3 Å². The summed E-state index contributed by atoms with van der Waals surface area (Å²) in [5.74, 6) is 0.972. The summed E-state index contributed by atoms with van der Waals surface area (Å²) >= 11 is 11.4. The smallest absolute Gasteiger partial charge is 0.250 e. The van der Waals surface area contributed by atoms with Gasteiger partial charge < -0.3 is 19.3 Å². The van der Waals surface area contributed by atoms with Crippen LogP contribution in [0.2, 0.25) is 5.02 Å². The van der Waals surface area contributed by atoms with Gasteiger partial charge in [0.1, 0.15) is 22.8 Å². The van der Waals surface area contributed by atoms with Crippen LogP contribution in [0.1, 0.15) is 23.8 Å². The molecule has 1 amide bonds. The van der Waals surface area contributed by atoms with Crippen molar-refractivity contribution in [3.05, 3.63) is 94.7 Å². The first-order valence-electron chi connectivity index (χ1n) is 12.2. The number of benzene rings is 3. The molecule has 5 aromatic rings. The summed E-state index contributed by atoms with van der Waals surface area (Å²) in [6, 6.07) is 19.9. The molecule has 39 heavy (non-hydrogen) atoms. The lowest BCUT2D eigenvalue weighted by molar-refractivity contribution is -0.115. The predicted octanol–water partition coefficient (Wildman–Crippen LogP) is 7.51. The Labute approximate surface area is 235 Å². The predicted molar refractivity (Wildman–Crippen MR) is 158 cm³/mol. The molecule has 0 spiro atoms. The van der Waals surface area contributed by atoms with Gasteiger partial charge in [-0.3, -0.25) is 10.1 Å². The Hall–Kier alpha value is -4.40. The molecule has 2 heterocycles. The molecule has 7 nitrogen and oxygen atoms in total. The zero-order valence-corrected chi connectivity index (χ0v) is 22.7. The largest absolute Gasteiger partial charge is 0.507 e. The van der Waals surface area contributed by atoms with Crippen LogP contribution in [-0.2, 0) is 11.2 Å². The highest BCUT2D eigenvalue weighted by molar-refractivity contribution is 7.80. The number of hydrogen-bond acceptors (Lipinski definition) is 6. The number of thiocarbonyl (C=S) groups is 1. The van der Waals surface area contributed by atoms with Gasteiger partial charge in [-0.2, -0.15) is 0 Å². The fourth-order valence-corrected chi connectivity index (χ4v) is 4.31. The average Bonchev–Trinajstić information content (AvgIpc) is 3.56. The summed E-state index contributed by atoms with van der Waals surface area (Å²) in [6.07, 6.45) is 3.75. The SMILES string of the molecule is CCc1ccc2oc(-c3ccc(NC(=S)NC(=O)/C=C/c4ccc(-c5ccc(C)c(Cl)c5)o4)cc3O)nc2c1. The molecule has 0 saturated carbocycles. The number of anilines is 1. The van der Waals surface area contributed by atoms with Gasteiger partial charge in [0.25, 0.3) is 0 Å². The number of carbonyl (C=O) groups excluding carboxylic acids is 1. The van der Waals surface area contributed by atoms with E-state index in [1.165, 1.54) is 12.1 Å². The number of phenolic OH excluding ortho intramolecular Hbond substituents is 1. The minimum Gasteiger partial charge on any atom is -0.507 e. The van der Waals surface area contributed by atoms with E-state index < -0.39 is 5.91 Å². The van der Waals surface area contributed by atoms with Crippen LogP contribution in [0.15, 0.2) is 81.6 Å². The Morgan fingerprint density at radius 2 is 1.92 bits per heavy atom. The number of carbonyl (C=O) groups is 1. The third-order valence-corrected chi connectivity index (χ3v) is 6.68. The third-order valence-electron chi connectivity index (χ3n) is 6.07. The van der Waals surface area contributed by atoms with Gasteiger partial charge in [-0.1, -0.05) is 36.7 Å². The van der Waals surface area contributed by atoms with Gasteiger partial charge in [-0.25, -0.2) is 4.98 Å². The van der Waals surface area contributed by atoms with E-state index in [1.807, 2.05) is 49.4 Å². The van der Waals surface area contributed by atoms with Crippen molar-refractivity contribution >= 4 is 57.7 Å². The minimum atomic E-state index is -0.442. The summed E-state index contributed by atoms with van der Waals surface area (Å²) in [5, 5.41) is 16.8. The quantitative estimate of drug-likeness (QED) is 0.147. The number of amides is 1. The summed E-state index contributed by atoms with van der Waals surface area (Å²) in [6.45, 7) is 4.00. The van der Waals surface area contributed by atoms with Gasteiger partial charge in [-0.15, -0.1) is 0 Å². The number of nitrogens with zero attached hydrogens (tertiary/aromatic N) is 1. The van der Waals surface area contributed by atoms with E-state index in [9.17, 15) is 9.90 Å². The van der Waals surface area contributed by atoms with Crippen molar-refractivity contribution in [2.24, 2.45) is 0 Å². The van der Waals surface area contributed by atoms with Crippen LogP contribution in [0.25, 0.3) is 40.0 Å². The second-order valence-electron chi connectivity index (χ2n) is 8.85. The van der Waals surface area contributed by atoms with E-state index in [2.05, 4.69) is 22.5 Å². The number of fused-ring (bicyclic) bond motifs is 1. The summed E-state index contributed by atoms with van der Waals surface area (Å²) in [5.41, 5.74) is 5.28. The maximum atomic E-state index is 12.4. The number of aromatic hydroxyl groups is 1. The van der Waals surface area contributed by atoms with E-state index in [0.717, 1.165) is 28.6 Å². The molecular formula is C30H24ClN3O4S. The highest BCUT2D eigenvalue weighted by atomic mass is 35.5. The normalized spacial score (nSPS) is 11.3. The van der Waals surface area contributed by atoms with Crippen molar-refractivity contribution < 1.29 is 18.7 Å². The van der Waals surface area contributed by atoms with Gasteiger partial charge in [0, 0.05) is 28.4 Å². The second kappa shape index (κ2) is 11.1. The number of nitrogens with one attached hydrogen (secondary N) is 2. The van der Waals surface area contributed by atoms with E-state index >= 15 is 0 Å². The van der Waals surface area contributed by atoms with Crippen LogP contribution < -0.4 is 10.6 Å². The van der Waals surface area contributed by atoms with Crippen LogP contribution in [0.3, 0.4) is 0 Å². The number of aryl methyl sites for hydroxylation is 2. The molecule has 0 saturated heterocycles. The number of furan rings is 1. The monoisotopic (exact) mass is 557 g/mol. The lowest BCUT2D eigenvalue weighted by Crippen LogP contribution is -2.32. The molecule has 3 N–H and O–H groups in total. The number of aromatic nitrogens is 1. The molecule has 0 fully saturated rings. The highest BCUT2D eigenvalue weighted by Crippen LogP contribution is 2.33. The molecule has 3 aromatic carbocycles. The van der Waals surface area contributed by atoms with Crippen LogP contribution in [0, 0.1) is 6.92 Å². The molecule has 0 aliphatic heterocycles. The molecular weight excluding hydrogens is 534 g/mol. The first-order chi connectivity index (χ1) is 18.8. The molecule has 5 rings (SSSR count). The van der Waals surface area contributed by atoms with Gasteiger partial charge in [-0.05, 0) is 85.2 Å². The molecule has 0 aliphatic rings. The van der Waals surface area contributed by atoms with Gasteiger partial charge in [0.05, 0.1) is 5.56 Å². The molecule has 2 aromatic heterocycles. The van der Waals surface area contributed by atoms with Gasteiger partial charge in [0.2, 0.25) is 11.8 Å². The van der Waals surface area contributed by atoms with Crippen molar-refractivity contribution in [2.45, 2.75) is 20.3 Å². The number of hydrogen-bond donors (Lipinski definition) is 3. The molecule has 0 atom stereocenters. The first-order valence-corrected chi connectivity index (χ1v) is 13.0. The zero-order valence-electron chi connectivity index (χ0n) is 21.1. The van der Waals surface area contributed by atoms with Crippen molar-refractivity contribution in [3.8, 4) is 28.5 Å². The minimum absolute atomic E-state index is 0.0419. The second-order valence-corrected chi connectivity index (χ2v) is 9.66. The summed E-state index contributed by atoms with van der Waals surface area (Å²) in [4.78, 5) is 16.9. The average molecular weight is 558 g/mol. The first kappa shape index (κ1) is 26.2. The lowest BCUT2D eigenvalue weighted by Gasteiger charge is -2.09. The molecule has 0 radical (unpaired) electrons. The Bertz CT molecular complexity index is 1740. The van der Waals surface area contributed by atoms with Crippen LogP contribution in [0.4, 0.5) is 5.69 Å². The zero-order chi connectivity index (χ0) is 27.5.